The molecule has 1 unspecified atom stereocenters. The lowest BCUT2D eigenvalue weighted by molar-refractivity contribution is -0.257. The quantitative estimate of drug-likeness (QED) is 0.455. The Morgan fingerprint density at radius 2 is 1.36 bits per heavy atom. The predicted octanol–water partition coefficient (Wildman–Crippen LogP) is 6.74. The molecule has 1 saturated heterocycles. The van der Waals surface area contributed by atoms with Crippen LogP contribution in [0.3, 0.4) is 0 Å². The van der Waals surface area contributed by atoms with Crippen LogP contribution < -0.4 is 0 Å². The SMILES string of the molecule is CC1(C)CCC[C@](C)(C2CC[C@]3(C)[C@@H]2[C@H](O)C[C@@H]2[C@@]4(C)CC[C@H](O)C(C)(C)[C@@H]4CC[C@]23C)O1. The predicted molar refractivity (Wildman–Crippen MR) is 134 cm³/mol. The lowest BCUT2D eigenvalue weighted by atomic mass is 9.35. The van der Waals surface area contributed by atoms with Crippen LogP contribution in [0.1, 0.15) is 120 Å². The summed E-state index contributed by atoms with van der Waals surface area (Å²) in [4.78, 5) is 0. The lowest BCUT2D eigenvalue weighted by Crippen LogP contribution is -2.66. The fourth-order valence-corrected chi connectivity index (χ4v) is 11.3. The molecule has 33 heavy (non-hydrogen) atoms. The molecule has 0 aromatic heterocycles. The van der Waals surface area contributed by atoms with E-state index in [4.69, 9.17) is 4.74 Å². The highest BCUT2D eigenvalue weighted by atomic mass is 16.5. The normalized spacial score (nSPS) is 57.6. The van der Waals surface area contributed by atoms with Gasteiger partial charge in [-0.3, -0.25) is 0 Å². The maximum absolute atomic E-state index is 11.9. The van der Waals surface area contributed by atoms with Gasteiger partial charge in [-0.05, 0) is 130 Å². The number of hydrogen-bond donors (Lipinski definition) is 2. The highest BCUT2D eigenvalue weighted by Crippen LogP contribution is 2.76. The minimum Gasteiger partial charge on any atom is -0.393 e. The molecule has 5 aliphatic rings. The number of ether oxygens (including phenoxy) is 1. The maximum atomic E-state index is 11.9. The number of hydrogen-bond acceptors (Lipinski definition) is 3. The largest absolute Gasteiger partial charge is 0.393 e. The molecule has 0 radical (unpaired) electrons. The molecule has 2 N–H and O–H groups in total. The van der Waals surface area contributed by atoms with Crippen LogP contribution in [0.15, 0.2) is 0 Å². The van der Waals surface area contributed by atoms with E-state index in [1.807, 2.05) is 0 Å². The van der Waals surface area contributed by atoms with Gasteiger partial charge in [-0.25, -0.2) is 0 Å². The van der Waals surface area contributed by atoms with E-state index in [0.717, 1.165) is 32.1 Å². The summed E-state index contributed by atoms with van der Waals surface area (Å²) >= 11 is 0. The number of aliphatic hydroxyl groups is 2. The fraction of sp³-hybridized carbons (Fsp3) is 1.00. The van der Waals surface area contributed by atoms with Gasteiger partial charge in [0, 0.05) is 0 Å². The van der Waals surface area contributed by atoms with E-state index in [0.29, 0.717) is 23.7 Å². The molecule has 1 aliphatic heterocycles. The van der Waals surface area contributed by atoms with E-state index in [1.54, 1.807) is 0 Å². The molecule has 0 spiro atoms. The molecule has 0 aromatic carbocycles. The highest BCUT2D eigenvalue weighted by molar-refractivity contribution is 5.20. The first-order chi connectivity index (χ1) is 15.1. The van der Waals surface area contributed by atoms with Gasteiger partial charge in [0.25, 0.3) is 0 Å². The van der Waals surface area contributed by atoms with E-state index in [2.05, 4.69) is 55.4 Å². The van der Waals surface area contributed by atoms with Crippen LogP contribution in [0, 0.1) is 45.3 Å². The molecular weight excluding hydrogens is 408 g/mol. The molecule has 4 saturated carbocycles. The molecule has 0 aromatic rings. The second-order valence-corrected chi connectivity index (χ2v) is 15.4. The van der Waals surface area contributed by atoms with Crippen molar-refractivity contribution in [2.24, 2.45) is 45.3 Å². The zero-order valence-electron chi connectivity index (χ0n) is 22.8. The van der Waals surface area contributed by atoms with E-state index in [1.165, 1.54) is 32.1 Å². The van der Waals surface area contributed by atoms with Crippen molar-refractivity contribution >= 4 is 0 Å². The van der Waals surface area contributed by atoms with Crippen molar-refractivity contribution in [1.82, 2.24) is 0 Å². The summed E-state index contributed by atoms with van der Waals surface area (Å²) in [5, 5.41) is 22.8. The van der Waals surface area contributed by atoms with Crippen molar-refractivity contribution in [3.8, 4) is 0 Å². The van der Waals surface area contributed by atoms with Crippen LogP contribution in [0.5, 0.6) is 0 Å². The Morgan fingerprint density at radius 3 is 2.03 bits per heavy atom. The maximum Gasteiger partial charge on any atom is 0.0693 e. The molecule has 4 aliphatic carbocycles. The Hall–Kier alpha value is -0.120. The van der Waals surface area contributed by atoms with Gasteiger partial charge in [-0.2, -0.15) is 0 Å². The van der Waals surface area contributed by atoms with E-state index >= 15 is 0 Å². The third-order valence-electron chi connectivity index (χ3n) is 13.1. The van der Waals surface area contributed by atoms with Crippen LogP contribution in [0.25, 0.3) is 0 Å². The first-order valence-electron chi connectivity index (χ1n) is 14.2. The molecule has 1 heterocycles. The molecule has 5 rings (SSSR count). The molecule has 0 bridgehead atoms. The van der Waals surface area contributed by atoms with Gasteiger partial charge in [0.15, 0.2) is 0 Å². The van der Waals surface area contributed by atoms with Crippen molar-refractivity contribution < 1.29 is 14.9 Å². The Bertz CT molecular complexity index is 789. The van der Waals surface area contributed by atoms with Gasteiger partial charge in [-0.1, -0.05) is 34.6 Å². The topological polar surface area (TPSA) is 49.7 Å². The molecule has 3 heteroatoms. The van der Waals surface area contributed by atoms with Gasteiger partial charge < -0.3 is 14.9 Å². The van der Waals surface area contributed by atoms with Gasteiger partial charge in [0.2, 0.25) is 0 Å². The second kappa shape index (κ2) is 7.22. The minimum atomic E-state index is -0.239. The smallest absolute Gasteiger partial charge is 0.0693 e. The lowest BCUT2D eigenvalue weighted by Gasteiger charge is -2.70. The highest BCUT2D eigenvalue weighted by Gasteiger charge is 2.71. The van der Waals surface area contributed by atoms with Crippen LogP contribution in [-0.4, -0.2) is 33.6 Å². The van der Waals surface area contributed by atoms with E-state index < -0.39 is 0 Å². The number of fused-ring (bicyclic) bond motifs is 5. The summed E-state index contributed by atoms with van der Waals surface area (Å²) in [6, 6.07) is 0. The minimum absolute atomic E-state index is 0.0375. The molecule has 3 nitrogen and oxygen atoms in total. The Balaban J connectivity index is 1.51. The van der Waals surface area contributed by atoms with Gasteiger partial charge >= 0.3 is 0 Å². The number of rotatable bonds is 1. The van der Waals surface area contributed by atoms with Crippen molar-refractivity contribution in [3.05, 3.63) is 0 Å². The molecule has 10 atom stereocenters. The Kier molecular flexibility index (Phi) is 5.38. The summed E-state index contributed by atoms with van der Waals surface area (Å²) < 4.78 is 6.86. The van der Waals surface area contributed by atoms with Crippen LogP contribution in [0.4, 0.5) is 0 Å². The molecular formula is C30H52O3. The summed E-state index contributed by atoms with van der Waals surface area (Å²) in [7, 11) is 0. The van der Waals surface area contributed by atoms with Crippen LogP contribution >= 0.6 is 0 Å². The van der Waals surface area contributed by atoms with Crippen molar-refractivity contribution in [2.75, 3.05) is 0 Å². The van der Waals surface area contributed by atoms with E-state index in [9.17, 15) is 10.2 Å². The van der Waals surface area contributed by atoms with Crippen molar-refractivity contribution in [2.45, 2.75) is 143 Å². The summed E-state index contributed by atoms with van der Waals surface area (Å²) in [6.07, 6.45) is 10.9. The Labute approximate surface area is 203 Å². The molecule has 5 fully saturated rings. The number of aliphatic hydroxyl groups excluding tert-OH is 2. The average Bonchev–Trinajstić information content (AvgIpc) is 3.07. The first-order valence-corrected chi connectivity index (χ1v) is 14.2. The third-order valence-corrected chi connectivity index (χ3v) is 13.1. The summed E-state index contributed by atoms with van der Waals surface area (Å²) in [5.41, 5.74) is 0.392. The fourth-order valence-electron chi connectivity index (χ4n) is 11.3. The van der Waals surface area contributed by atoms with Gasteiger partial charge in [-0.15, -0.1) is 0 Å². The van der Waals surface area contributed by atoms with Crippen molar-refractivity contribution in [3.63, 3.8) is 0 Å². The first kappa shape index (κ1) is 24.6. The van der Waals surface area contributed by atoms with Crippen LogP contribution in [0.2, 0.25) is 0 Å². The zero-order chi connectivity index (χ0) is 24.2. The molecule has 190 valence electrons. The monoisotopic (exact) mass is 460 g/mol. The molecule has 0 amide bonds. The average molecular weight is 461 g/mol. The Morgan fingerprint density at radius 1 is 0.697 bits per heavy atom. The summed E-state index contributed by atoms with van der Waals surface area (Å²) in [5.74, 6) is 1.85. The third kappa shape index (κ3) is 3.16. The summed E-state index contributed by atoms with van der Waals surface area (Å²) in [6.45, 7) is 19.2. The zero-order valence-corrected chi connectivity index (χ0v) is 22.8. The van der Waals surface area contributed by atoms with Crippen LogP contribution in [-0.2, 0) is 4.74 Å². The van der Waals surface area contributed by atoms with Crippen molar-refractivity contribution in [1.29, 1.82) is 0 Å². The van der Waals surface area contributed by atoms with E-state index in [-0.39, 0.29) is 45.1 Å². The van der Waals surface area contributed by atoms with Gasteiger partial charge in [0.1, 0.15) is 0 Å². The second-order valence-electron chi connectivity index (χ2n) is 15.4. The van der Waals surface area contributed by atoms with Gasteiger partial charge in [0.05, 0.1) is 23.4 Å². The standard InChI is InChI=1S/C30H52O3/c1-25(2)13-9-14-30(8,33-25)19-10-16-29(7)24(19)20(31)18-22-27(5)15-12-23(32)26(3,4)21(27)11-17-28(22,29)6/h19-24,31-32H,9-18H2,1-8H3/t19?,20-,21+,22-,23+,24+,27+,28-,29-,30-/m1/s1.